The molecule has 1 fully saturated rings. The Bertz CT molecular complexity index is 626. The Hall–Kier alpha value is -1.79. The van der Waals surface area contributed by atoms with Crippen LogP contribution < -0.4 is 15.2 Å². The van der Waals surface area contributed by atoms with E-state index in [0.29, 0.717) is 36.4 Å². The number of nitrogens with two attached hydrogens (primary N) is 1. The first-order valence-electron chi connectivity index (χ1n) is 8.50. The van der Waals surface area contributed by atoms with Gasteiger partial charge in [0.05, 0.1) is 26.3 Å². The first-order chi connectivity index (χ1) is 11.5. The first kappa shape index (κ1) is 17.0. The van der Waals surface area contributed by atoms with Crippen LogP contribution in [0.25, 0.3) is 0 Å². The Morgan fingerprint density at radius 3 is 2.46 bits per heavy atom. The van der Waals surface area contributed by atoms with Crippen LogP contribution in [0, 0.1) is 0 Å². The van der Waals surface area contributed by atoms with Crippen molar-refractivity contribution in [2.45, 2.75) is 50.3 Å². The number of carbonyl (C=O) groups excluding carboxylic acids is 1. The zero-order valence-corrected chi connectivity index (χ0v) is 14.4. The van der Waals surface area contributed by atoms with Crippen molar-refractivity contribution in [3.63, 3.8) is 0 Å². The van der Waals surface area contributed by atoms with Gasteiger partial charge in [-0.2, -0.15) is 0 Å². The number of benzene rings is 1. The van der Waals surface area contributed by atoms with Crippen LogP contribution in [0.15, 0.2) is 12.1 Å². The average Bonchev–Trinajstić information content (AvgIpc) is 2.60. The summed E-state index contributed by atoms with van der Waals surface area (Å²) < 4.78 is 10.8. The van der Waals surface area contributed by atoms with Crippen molar-refractivity contribution >= 4 is 5.91 Å². The highest BCUT2D eigenvalue weighted by Crippen LogP contribution is 2.40. The molecule has 3 rings (SSSR count). The molecule has 1 saturated carbocycles. The number of ether oxygens (including phenoxy) is 2. The standard InChI is InChI=1S/C18H26N2O4/c1-23-14-6-7-15(24-2)16-12(14)10-20(11-13(16)21)17(22)18(19)8-4-3-5-9-18/h6-7,13,21H,3-5,8-11,19H2,1-2H3. The molecule has 1 unspecified atom stereocenters. The van der Waals surface area contributed by atoms with E-state index in [1.54, 1.807) is 31.3 Å². The summed E-state index contributed by atoms with van der Waals surface area (Å²) in [5.74, 6) is 1.19. The highest BCUT2D eigenvalue weighted by atomic mass is 16.5. The summed E-state index contributed by atoms with van der Waals surface area (Å²) in [5, 5.41) is 10.6. The molecule has 0 radical (unpaired) electrons. The zero-order valence-electron chi connectivity index (χ0n) is 14.4. The third-order valence-corrected chi connectivity index (χ3v) is 5.25. The Labute approximate surface area is 142 Å². The molecular weight excluding hydrogens is 308 g/mol. The van der Waals surface area contributed by atoms with Crippen LogP contribution in [-0.2, 0) is 11.3 Å². The van der Waals surface area contributed by atoms with Crippen molar-refractivity contribution in [2.75, 3.05) is 20.8 Å². The van der Waals surface area contributed by atoms with Gasteiger partial charge in [-0.05, 0) is 25.0 Å². The molecule has 1 heterocycles. The summed E-state index contributed by atoms with van der Waals surface area (Å²) in [6.45, 7) is 0.610. The van der Waals surface area contributed by atoms with Gasteiger partial charge in [0.15, 0.2) is 0 Å². The predicted molar refractivity (Wildman–Crippen MR) is 89.9 cm³/mol. The van der Waals surface area contributed by atoms with Gasteiger partial charge in [0.2, 0.25) is 5.91 Å². The molecule has 6 heteroatoms. The maximum absolute atomic E-state index is 13.0. The van der Waals surface area contributed by atoms with Gasteiger partial charge in [0, 0.05) is 17.7 Å². The first-order valence-corrected chi connectivity index (χ1v) is 8.50. The second-order valence-electron chi connectivity index (χ2n) is 6.78. The van der Waals surface area contributed by atoms with Gasteiger partial charge in [-0.15, -0.1) is 0 Å². The Morgan fingerprint density at radius 2 is 1.83 bits per heavy atom. The molecule has 3 N–H and O–H groups in total. The monoisotopic (exact) mass is 334 g/mol. The highest BCUT2D eigenvalue weighted by Gasteiger charge is 2.41. The molecule has 0 spiro atoms. The minimum Gasteiger partial charge on any atom is -0.496 e. The van der Waals surface area contributed by atoms with Gasteiger partial charge in [0.1, 0.15) is 17.6 Å². The lowest BCUT2D eigenvalue weighted by Gasteiger charge is -2.40. The molecular formula is C18H26N2O4. The number of aliphatic hydroxyl groups is 1. The van der Waals surface area contributed by atoms with Crippen LogP contribution in [0.3, 0.4) is 0 Å². The van der Waals surface area contributed by atoms with Crippen molar-refractivity contribution in [3.05, 3.63) is 23.3 Å². The van der Waals surface area contributed by atoms with Crippen LogP contribution in [0.4, 0.5) is 0 Å². The van der Waals surface area contributed by atoms with Gasteiger partial charge >= 0.3 is 0 Å². The summed E-state index contributed by atoms with van der Waals surface area (Å²) >= 11 is 0. The number of methoxy groups -OCH3 is 2. The SMILES string of the molecule is COc1ccc(OC)c2c1CN(C(=O)C1(N)CCCCC1)CC2O. The van der Waals surface area contributed by atoms with E-state index in [1.165, 1.54) is 0 Å². The van der Waals surface area contributed by atoms with Crippen molar-refractivity contribution in [1.82, 2.24) is 4.90 Å². The summed E-state index contributed by atoms with van der Waals surface area (Å²) in [4.78, 5) is 14.7. The fourth-order valence-corrected chi connectivity index (χ4v) is 3.94. The minimum absolute atomic E-state index is 0.0724. The quantitative estimate of drug-likeness (QED) is 0.879. The normalized spacial score (nSPS) is 22.7. The molecule has 1 amide bonds. The van der Waals surface area contributed by atoms with E-state index >= 15 is 0 Å². The number of β-amino-alcohol motifs (C(OH)–C–C–N with tert-alkyl or cyclic N) is 1. The number of nitrogens with zero attached hydrogens (tertiary/aromatic N) is 1. The summed E-state index contributed by atoms with van der Waals surface area (Å²) in [5.41, 5.74) is 7.09. The molecule has 1 aromatic rings. The number of hydrogen-bond acceptors (Lipinski definition) is 5. The second-order valence-corrected chi connectivity index (χ2v) is 6.78. The Kier molecular flexibility index (Phi) is 4.69. The molecule has 0 saturated heterocycles. The summed E-state index contributed by atoms with van der Waals surface area (Å²) in [6.07, 6.45) is 3.69. The largest absolute Gasteiger partial charge is 0.496 e. The Balaban J connectivity index is 1.92. The average molecular weight is 334 g/mol. The van der Waals surface area contributed by atoms with E-state index in [2.05, 4.69) is 0 Å². The second kappa shape index (κ2) is 6.61. The molecule has 0 aromatic heterocycles. The summed E-state index contributed by atoms with van der Waals surface area (Å²) in [6, 6.07) is 3.58. The molecule has 1 aromatic carbocycles. The molecule has 1 aliphatic carbocycles. The maximum atomic E-state index is 13.0. The molecule has 0 bridgehead atoms. The van der Waals surface area contributed by atoms with E-state index in [0.717, 1.165) is 24.8 Å². The van der Waals surface area contributed by atoms with Crippen LogP contribution >= 0.6 is 0 Å². The minimum atomic E-state index is -0.810. The van der Waals surface area contributed by atoms with Crippen LogP contribution in [-0.4, -0.2) is 42.2 Å². The highest BCUT2D eigenvalue weighted by molar-refractivity contribution is 5.86. The van der Waals surface area contributed by atoms with E-state index < -0.39 is 11.6 Å². The van der Waals surface area contributed by atoms with Crippen LogP contribution in [0.5, 0.6) is 11.5 Å². The summed E-state index contributed by atoms with van der Waals surface area (Å²) in [7, 11) is 3.16. The van der Waals surface area contributed by atoms with Crippen LogP contribution in [0.1, 0.15) is 49.3 Å². The maximum Gasteiger partial charge on any atom is 0.243 e. The number of aliphatic hydroxyl groups excluding tert-OH is 1. The fourth-order valence-electron chi connectivity index (χ4n) is 3.94. The third kappa shape index (κ3) is 2.84. The molecule has 6 nitrogen and oxygen atoms in total. The number of amides is 1. The number of fused-ring (bicyclic) bond motifs is 1. The zero-order chi connectivity index (χ0) is 17.3. The van der Waals surface area contributed by atoms with Crippen molar-refractivity contribution < 1.29 is 19.4 Å². The lowest BCUT2D eigenvalue weighted by Crippen LogP contribution is -2.57. The van der Waals surface area contributed by atoms with E-state index in [1.807, 2.05) is 0 Å². The van der Waals surface area contributed by atoms with E-state index in [-0.39, 0.29) is 12.5 Å². The molecule has 132 valence electrons. The van der Waals surface area contributed by atoms with E-state index in [4.69, 9.17) is 15.2 Å². The molecule has 1 atom stereocenters. The van der Waals surface area contributed by atoms with Gasteiger partial charge in [0.25, 0.3) is 0 Å². The van der Waals surface area contributed by atoms with Gasteiger partial charge in [-0.1, -0.05) is 19.3 Å². The van der Waals surface area contributed by atoms with Gasteiger partial charge < -0.3 is 25.2 Å². The van der Waals surface area contributed by atoms with Gasteiger partial charge in [-0.25, -0.2) is 0 Å². The fraction of sp³-hybridized carbons (Fsp3) is 0.611. The van der Waals surface area contributed by atoms with Crippen molar-refractivity contribution in [3.8, 4) is 11.5 Å². The smallest absolute Gasteiger partial charge is 0.243 e. The third-order valence-electron chi connectivity index (χ3n) is 5.25. The van der Waals surface area contributed by atoms with Crippen molar-refractivity contribution in [1.29, 1.82) is 0 Å². The topological polar surface area (TPSA) is 85.0 Å². The number of rotatable bonds is 3. The van der Waals surface area contributed by atoms with Crippen molar-refractivity contribution in [2.24, 2.45) is 5.73 Å². The lowest BCUT2D eigenvalue weighted by atomic mass is 9.81. The predicted octanol–water partition coefficient (Wildman–Crippen LogP) is 1.74. The van der Waals surface area contributed by atoms with Gasteiger partial charge in [-0.3, -0.25) is 4.79 Å². The van der Waals surface area contributed by atoms with E-state index in [9.17, 15) is 9.90 Å². The molecule has 24 heavy (non-hydrogen) atoms. The lowest BCUT2D eigenvalue weighted by molar-refractivity contribution is -0.141. The van der Waals surface area contributed by atoms with Crippen LogP contribution in [0.2, 0.25) is 0 Å². The molecule has 1 aliphatic heterocycles. The molecule has 2 aliphatic rings. The number of hydrogen-bond donors (Lipinski definition) is 2. The Morgan fingerprint density at radius 1 is 1.21 bits per heavy atom. The number of carbonyl (C=O) groups is 1.